The van der Waals surface area contributed by atoms with Gasteiger partial charge in [0.05, 0.1) is 10.1 Å². The highest BCUT2D eigenvalue weighted by molar-refractivity contribution is 7.85. The number of halogens is 2. The molecule has 6 heteroatoms. The van der Waals surface area contributed by atoms with Crippen LogP contribution in [0.5, 0.6) is 0 Å². The van der Waals surface area contributed by atoms with Crippen molar-refractivity contribution in [2.45, 2.75) is 19.8 Å². The third-order valence-corrected chi connectivity index (χ3v) is 4.79. The van der Waals surface area contributed by atoms with Crippen LogP contribution < -0.4 is 0 Å². The van der Waals surface area contributed by atoms with Gasteiger partial charge in [0.2, 0.25) is 0 Å². The van der Waals surface area contributed by atoms with Crippen molar-refractivity contribution in [3.8, 4) is 0 Å². The van der Waals surface area contributed by atoms with E-state index in [2.05, 4.69) is 0 Å². The summed E-state index contributed by atoms with van der Waals surface area (Å²) in [7, 11) is -1.10. The van der Waals surface area contributed by atoms with Crippen LogP contribution in [0.3, 0.4) is 0 Å². The molecule has 0 saturated carbocycles. The number of hydrogen-bond donors (Lipinski definition) is 0. The van der Waals surface area contributed by atoms with E-state index < -0.39 is 10.8 Å². The van der Waals surface area contributed by atoms with Crippen molar-refractivity contribution in [3.05, 3.63) is 20.3 Å². The van der Waals surface area contributed by atoms with Crippen LogP contribution in [0.25, 0.3) is 0 Å². The van der Waals surface area contributed by atoms with E-state index in [1.54, 1.807) is 0 Å². The van der Waals surface area contributed by atoms with Crippen LogP contribution in [0, 0.1) is 0 Å². The standard InChI is InChI=1S/C10H12Cl2O2S2/c1-2-3-4-16(14)6-8(13)7-5-9(11)15-10(7)12/h5H,2-4,6H2,1H3. The molecule has 2 nitrogen and oxygen atoms in total. The Hall–Kier alpha value is 0.1000. The monoisotopic (exact) mass is 298 g/mol. The maximum Gasteiger partial charge on any atom is 0.177 e. The van der Waals surface area contributed by atoms with E-state index in [0.717, 1.165) is 24.2 Å². The zero-order valence-electron chi connectivity index (χ0n) is 8.79. The second-order valence-corrected chi connectivity index (χ2v) is 7.17. The van der Waals surface area contributed by atoms with Crippen LogP contribution in [-0.4, -0.2) is 21.5 Å². The first-order valence-electron chi connectivity index (χ1n) is 4.87. The van der Waals surface area contributed by atoms with Gasteiger partial charge in [-0.2, -0.15) is 0 Å². The highest BCUT2D eigenvalue weighted by Crippen LogP contribution is 2.31. The van der Waals surface area contributed by atoms with Crippen molar-refractivity contribution in [2.75, 3.05) is 11.5 Å². The number of ketones is 1. The number of carbonyl (C=O) groups is 1. The smallest absolute Gasteiger partial charge is 0.177 e. The van der Waals surface area contributed by atoms with Crippen molar-refractivity contribution in [1.82, 2.24) is 0 Å². The summed E-state index contributed by atoms with van der Waals surface area (Å²) in [5.41, 5.74) is 0.390. The number of Topliss-reactive ketones (excluding diaryl/α,β-unsaturated/α-hetero) is 1. The molecule has 0 spiro atoms. The molecule has 0 radical (unpaired) electrons. The fourth-order valence-electron chi connectivity index (χ4n) is 1.13. The number of thiophene rings is 1. The van der Waals surface area contributed by atoms with E-state index in [9.17, 15) is 9.00 Å². The predicted molar refractivity (Wildman–Crippen MR) is 71.5 cm³/mol. The van der Waals surface area contributed by atoms with Gasteiger partial charge in [-0.05, 0) is 12.5 Å². The van der Waals surface area contributed by atoms with E-state index in [1.807, 2.05) is 6.92 Å². The van der Waals surface area contributed by atoms with Gasteiger partial charge in [-0.25, -0.2) is 0 Å². The normalized spacial score (nSPS) is 12.7. The molecule has 16 heavy (non-hydrogen) atoms. The Morgan fingerprint density at radius 3 is 2.69 bits per heavy atom. The van der Waals surface area contributed by atoms with Crippen molar-refractivity contribution >= 4 is 51.1 Å². The highest BCUT2D eigenvalue weighted by atomic mass is 35.5. The SMILES string of the molecule is CCCCS(=O)CC(=O)c1cc(Cl)sc1Cl. The van der Waals surface area contributed by atoms with Gasteiger partial charge in [-0.1, -0.05) is 36.5 Å². The summed E-state index contributed by atoms with van der Waals surface area (Å²) >= 11 is 12.7. The van der Waals surface area contributed by atoms with Crippen molar-refractivity contribution in [3.63, 3.8) is 0 Å². The predicted octanol–water partition coefficient (Wildman–Crippen LogP) is 3.79. The molecule has 1 unspecified atom stereocenters. The minimum Gasteiger partial charge on any atom is -0.293 e. The molecule has 0 aliphatic heterocycles. The second-order valence-electron chi connectivity index (χ2n) is 3.30. The fourth-order valence-corrected chi connectivity index (χ4v) is 3.83. The van der Waals surface area contributed by atoms with E-state index in [0.29, 0.717) is 20.0 Å². The van der Waals surface area contributed by atoms with Gasteiger partial charge in [-0.15, -0.1) is 11.3 Å². The third kappa shape index (κ3) is 4.17. The Labute approximate surface area is 111 Å². The van der Waals surface area contributed by atoms with Gasteiger partial charge < -0.3 is 0 Å². The summed E-state index contributed by atoms with van der Waals surface area (Å²) in [6, 6.07) is 1.54. The lowest BCUT2D eigenvalue weighted by Crippen LogP contribution is -2.12. The van der Waals surface area contributed by atoms with Gasteiger partial charge in [0.15, 0.2) is 5.78 Å². The first kappa shape index (κ1) is 14.2. The molecule has 1 heterocycles. The van der Waals surface area contributed by atoms with Crippen LogP contribution in [-0.2, 0) is 10.8 Å². The molecule has 0 fully saturated rings. The van der Waals surface area contributed by atoms with E-state index in [1.165, 1.54) is 6.07 Å². The van der Waals surface area contributed by atoms with E-state index >= 15 is 0 Å². The van der Waals surface area contributed by atoms with Crippen LogP contribution in [0.1, 0.15) is 30.1 Å². The summed E-state index contributed by atoms with van der Waals surface area (Å²) in [5, 5.41) is 0. The molecule has 1 atom stereocenters. The van der Waals surface area contributed by atoms with E-state index in [-0.39, 0.29) is 11.5 Å². The molecule has 0 bridgehead atoms. The maximum atomic E-state index is 11.7. The van der Waals surface area contributed by atoms with Gasteiger partial charge in [0, 0.05) is 22.1 Å². The molecule has 1 aromatic heterocycles. The number of rotatable bonds is 6. The summed E-state index contributed by atoms with van der Waals surface area (Å²) in [5.74, 6) is 0.410. The molecule has 0 aliphatic rings. The molecule has 0 saturated heterocycles. The van der Waals surface area contributed by atoms with Crippen molar-refractivity contribution < 1.29 is 9.00 Å². The highest BCUT2D eigenvalue weighted by Gasteiger charge is 2.16. The first-order valence-corrected chi connectivity index (χ1v) is 7.93. The molecule has 0 aromatic carbocycles. The van der Waals surface area contributed by atoms with E-state index in [4.69, 9.17) is 23.2 Å². The van der Waals surface area contributed by atoms with Gasteiger partial charge in [-0.3, -0.25) is 9.00 Å². The van der Waals surface area contributed by atoms with Crippen LogP contribution >= 0.6 is 34.5 Å². The first-order chi connectivity index (χ1) is 7.54. The average molecular weight is 299 g/mol. The van der Waals surface area contributed by atoms with Gasteiger partial charge in [0.25, 0.3) is 0 Å². The quantitative estimate of drug-likeness (QED) is 0.749. The minimum atomic E-state index is -1.10. The molecule has 1 aromatic rings. The number of hydrogen-bond acceptors (Lipinski definition) is 3. The lowest BCUT2D eigenvalue weighted by Gasteiger charge is -1.99. The van der Waals surface area contributed by atoms with Gasteiger partial charge >= 0.3 is 0 Å². The van der Waals surface area contributed by atoms with Crippen molar-refractivity contribution in [1.29, 1.82) is 0 Å². The Morgan fingerprint density at radius 1 is 1.50 bits per heavy atom. The summed E-state index contributed by atoms with van der Waals surface area (Å²) in [4.78, 5) is 11.7. The molecule has 0 amide bonds. The van der Waals surface area contributed by atoms with Gasteiger partial charge in [0.1, 0.15) is 4.34 Å². The average Bonchev–Trinajstić information content (AvgIpc) is 2.54. The molecule has 0 N–H and O–H groups in total. The Kier molecular flexibility index (Phi) is 5.97. The van der Waals surface area contributed by atoms with Crippen LogP contribution in [0.2, 0.25) is 8.67 Å². The summed E-state index contributed by atoms with van der Waals surface area (Å²) in [6.45, 7) is 2.02. The van der Waals surface area contributed by atoms with Crippen molar-refractivity contribution in [2.24, 2.45) is 0 Å². The lowest BCUT2D eigenvalue weighted by molar-refractivity contribution is 0.102. The second kappa shape index (κ2) is 6.74. The summed E-state index contributed by atoms with van der Waals surface area (Å²) in [6.07, 6.45) is 1.85. The van der Waals surface area contributed by atoms with Crippen LogP contribution in [0.4, 0.5) is 0 Å². The zero-order valence-corrected chi connectivity index (χ0v) is 11.9. The minimum absolute atomic E-state index is 0.0345. The zero-order chi connectivity index (χ0) is 12.1. The Balaban J connectivity index is 2.59. The Bertz CT molecular complexity index is 402. The van der Waals surface area contributed by atoms with Crippen LogP contribution in [0.15, 0.2) is 6.07 Å². The largest absolute Gasteiger partial charge is 0.293 e. The molecule has 0 aliphatic carbocycles. The fraction of sp³-hybridized carbons (Fsp3) is 0.500. The number of carbonyl (C=O) groups excluding carboxylic acids is 1. The molecular formula is C10H12Cl2O2S2. The lowest BCUT2D eigenvalue weighted by atomic mass is 10.2. The Morgan fingerprint density at radius 2 is 2.19 bits per heavy atom. The number of unbranched alkanes of at least 4 members (excludes halogenated alkanes) is 1. The third-order valence-electron chi connectivity index (χ3n) is 1.97. The molecular weight excluding hydrogens is 287 g/mol. The molecule has 1 rings (SSSR count). The molecule has 90 valence electrons. The topological polar surface area (TPSA) is 34.1 Å². The maximum absolute atomic E-state index is 11.7. The summed E-state index contributed by atoms with van der Waals surface area (Å²) < 4.78 is 12.4.